The van der Waals surface area contributed by atoms with Crippen LogP contribution in [0, 0.1) is 0 Å². The number of amides is 1. The maximum absolute atomic E-state index is 12.4. The molecule has 0 saturated heterocycles. The monoisotopic (exact) mass is 335 g/mol. The van der Waals surface area contributed by atoms with Gasteiger partial charge in [0.2, 0.25) is 0 Å². The van der Waals surface area contributed by atoms with Crippen molar-refractivity contribution in [2.24, 2.45) is 0 Å². The van der Waals surface area contributed by atoms with E-state index in [0.717, 1.165) is 18.7 Å². The summed E-state index contributed by atoms with van der Waals surface area (Å²) in [6, 6.07) is 15.5. The van der Waals surface area contributed by atoms with E-state index in [1.165, 1.54) is 17.5 Å². The highest BCUT2D eigenvalue weighted by atomic mass is 16.5. The van der Waals surface area contributed by atoms with E-state index >= 15 is 0 Å². The minimum atomic E-state index is -0.000874. The van der Waals surface area contributed by atoms with Gasteiger partial charge in [0.05, 0.1) is 5.69 Å². The van der Waals surface area contributed by atoms with Crippen LogP contribution in [0.15, 0.2) is 54.9 Å². The fourth-order valence-electron chi connectivity index (χ4n) is 2.92. The van der Waals surface area contributed by atoms with Gasteiger partial charge in [-0.1, -0.05) is 24.3 Å². The second-order valence-electron chi connectivity index (χ2n) is 5.87. The molecule has 1 amide bonds. The third-order valence-electron chi connectivity index (χ3n) is 4.30. The summed E-state index contributed by atoms with van der Waals surface area (Å²) in [7, 11) is 0. The summed E-state index contributed by atoms with van der Waals surface area (Å²) in [5.41, 5.74) is 3.37. The lowest BCUT2D eigenvalue weighted by Crippen LogP contribution is -2.38. The van der Waals surface area contributed by atoms with Gasteiger partial charge in [-0.05, 0) is 52.2 Å². The second-order valence-corrected chi connectivity index (χ2v) is 5.87. The summed E-state index contributed by atoms with van der Waals surface area (Å²) in [5.74, 6) is 0.640. The van der Waals surface area contributed by atoms with Crippen molar-refractivity contribution >= 4 is 5.91 Å². The van der Waals surface area contributed by atoms with E-state index in [4.69, 9.17) is 4.74 Å². The fraction of sp³-hybridized carbons (Fsp3) is 0.222. The topological polar surface area (TPSA) is 73.1 Å². The van der Waals surface area contributed by atoms with Crippen molar-refractivity contribution in [1.82, 2.24) is 25.1 Å². The van der Waals surface area contributed by atoms with Gasteiger partial charge in [0.1, 0.15) is 12.1 Å². The fourth-order valence-corrected chi connectivity index (χ4v) is 2.92. The van der Waals surface area contributed by atoms with Crippen LogP contribution < -0.4 is 4.74 Å². The summed E-state index contributed by atoms with van der Waals surface area (Å²) in [4.78, 5) is 14.3. The zero-order valence-corrected chi connectivity index (χ0v) is 13.6. The Morgan fingerprint density at radius 1 is 1.08 bits per heavy atom. The Bertz CT molecular complexity index is 861. The average Bonchev–Trinajstić information content (AvgIpc) is 3.21. The molecule has 0 aliphatic carbocycles. The van der Waals surface area contributed by atoms with Gasteiger partial charge in [-0.15, -0.1) is 5.10 Å². The van der Waals surface area contributed by atoms with Crippen molar-refractivity contribution in [3.63, 3.8) is 0 Å². The number of rotatable bonds is 4. The zero-order valence-electron chi connectivity index (χ0n) is 13.6. The van der Waals surface area contributed by atoms with Crippen LogP contribution in [0.1, 0.15) is 11.1 Å². The van der Waals surface area contributed by atoms with E-state index in [-0.39, 0.29) is 12.5 Å². The molecule has 7 heteroatoms. The van der Waals surface area contributed by atoms with E-state index in [0.29, 0.717) is 12.3 Å². The van der Waals surface area contributed by atoms with E-state index in [9.17, 15) is 4.79 Å². The van der Waals surface area contributed by atoms with Crippen LogP contribution in [0.2, 0.25) is 0 Å². The predicted molar refractivity (Wildman–Crippen MR) is 90.2 cm³/mol. The molecule has 0 bridgehead atoms. The van der Waals surface area contributed by atoms with Gasteiger partial charge in [0, 0.05) is 13.1 Å². The van der Waals surface area contributed by atoms with Crippen LogP contribution in [-0.4, -0.2) is 44.2 Å². The van der Waals surface area contributed by atoms with Gasteiger partial charge in [0.15, 0.2) is 6.61 Å². The molecular weight excluding hydrogens is 318 g/mol. The molecule has 3 aromatic rings. The smallest absolute Gasteiger partial charge is 0.260 e. The summed E-state index contributed by atoms with van der Waals surface area (Å²) >= 11 is 0. The predicted octanol–water partition coefficient (Wildman–Crippen LogP) is 1.63. The highest BCUT2D eigenvalue weighted by Crippen LogP contribution is 2.19. The van der Waals surface area contributed by atoms with Gasteiger partial charge >= 0.3 is 0 Å². The maximum Gasteiger partial charge on any atom is 0.260 e. The largest absolute Gasteiger partial charge is 0.484 e. The quantitative estimate of drug-likeness (QED) is 0.724. The number of nitrogens with zero attached hydrogens (tertiary/aromatic N) is 5. The lowest BCUT2D eigenvalue weighted by Gasteiger charge is -2.28. The van der Waals surface area contributed by atoms with Crippen LogP contribution in [-0.2, 0) is 17.8 Å². The molecule has 1 aromatic heterocycles. The average molecular weight is 335 g/mol. The number of hydrogen-bond acceptors (Lipinski definition) is 5. The first-order valence-corrected chi connectivity index (χ1v) is 8.10. The van der Waals surface area contributed by atoms with Gasteiger partial charge in [0.25, 0.3) is 5.91 Å². The molecule has 0 atom stereocenters. The minimum absolute atomic E-state index is 0.000874. The van der Waals surface area contributed by atoms with Crippen molar-refractivity contribution in [2.75, 3.05) is 13.2 Å². The number of carbonyl (C=O) groups is 1. The Labute approximate surface area is 144 Å². The van der Waals surface area contributed by atoms with Crippen molar-refractivity contribution in [3.8, 4) is 11.4 Å². The molecule has 4 rings (SSSR count). The van der Waals surface area contributed by atoms with Crippen molar-refractivity contribution in [3.05, 3.63) is 66.0 Å². The van der Waals surface area contributed by atoms with Crippen molar-refractivity contribution in [2.45, 2.75) is 13.0 Å². The second kappa shape index (κ2) is 6.72. The lowest BCUT2D eigenvalue weighted by molar-refractivity contribution is -0.134. The molecule has 0 fully saturated rings. The standard InChI is InChI=1S/C18H17N5O2/c24-18(22-10-9-14-3-1-2-4-15(14)11-22)12-25-17-7-5-16(6-8-17)23-13-19-20-21-23/h1-8,13H,9-12H2. The first-order chi connectivity index (χ1) is 12.3. The van der Waals surface area contributed by atoms with Gasteiger partial charge < -0.3 is 9.64 Å². The zero-order chi connectivity index (χ0) is 17.1. The molecule has 0 spiro atoms. The Morgan fingerprint density at radius 3 is 2.64 bits per heavy atom. The normalized spacial score (nSPS) is 13.4. The van der Waals surface area contributed by atoms with Crippen molar-refractivity contribution in [1.29, 1.82) is 0 Å². The first-order valence-electron chi connectivity index (χ1n) is 8.10. The summed E-state index contributed by atoms with van der Waals surface area (Å²) in [6.07, 6.45) is 2.41. The third kappa shape index (κ3) is 3.35. The molecule has 2 aromatic carbocycles. The van der Waals surface area contributed by atoms with Crippen LogP contribution in [0.25, 0.3) is 5.69 Å². The molecule has 0 N–H and O–H groups in total. The summed E-state index contributed by atoms with van der Waals surface area (Å²) in [6.45, 7) is 1.42. The number of tetrazole rings is 1. The minimum Gasteiger partial charge on any atom is -0.484 e. The summed E-state index contributed by atoms with van der Waals surface area (Å²) < 4.78 is 7.18. The maximum atomic E-state index is 12.4. The molecule has 1 aliphatic heterocycles. The number of ether oxygens (including phenoxy) is 1. The molecule has 0 saturated carbocycles. The highest BCUT2D eigenvalue weighted by Gasteiger charge is 2.20. The Morgan fingerprint density at radius 2 is 1.88 bits per heavy atom. The van der Waals surface area contributed by atoms with Crippen LogP contribution >= 0.6 is 0 Å². The number of carbonyl (C=O) groups excluding carboxylic acids is 1. The molecule has 25 heavy (non-hydrogen) atoms. The number of hydrogen-bond donors (Lipinski definition) is 0. The Kier molecular flexibility index (Phi) is 4.12. The molecule has 126 valence electrons. The van der Waals surface area contributed by atoms with E-state index in [1.54, 1.807) is 16.8 Å². The Balaban J connectivity index is 1.35. The van der Waals surface area contributed by atoms with E-state index in [1.807, 2.05) is 29.2 Å². The lowest BCUT2D eigenvalue weighted by atomic mass is 10.00. The molecule has 1 aliphatic rings. The number of aromatic nitrogens is 4. The van der Waals surface area contributed by atoms with Crippen LogP contribution in [0.4, 0.5) is 0 Å². The van der Waals surface area contributed by atoms with E-state index in [2.05, 4.69) is 27.7 Å². The van der Waals surface area contributed by atoms with E-state index < -0.39 is 0 Å². The van der Waals surface area contributed by atoms with Crippen LogP contribution in [0.3, 0.4) is 0 Å². The SMILES string of the molecule is O=C(COc1ccc(-n2cnnn2)cc1)N1CCc2ccccc2C1. The first kappa shape index (κ1) is 15.3. The summed E-state index contributed by atoms with van der Waals surface area (Å²) in [5, 5.41) is 11.0. The highest BCUT2D eigenvalue weighted by molar-refractivity contribution is 5.78. The molecule has 0 radical (unpaired) electrons. The molecule has 2 heterocycles. The third-order valence-corrected chi connectivity index (χ3v) is 4.30. The Hall–Kier alpha value is -3.22. The van der Waals surface area contributed by atoms with Crippen LogP contribution in [0.5, 0.6) is 5.75 Å². The molecular formula is C18H17N5O2. The van der Waals surface area contributed by atoms with Gasteiger partial charge in [-0.25, -0.2) is 4.68 Å². The molecule has 7 nitrogen and oxygen atoms in total. The van der Waals surface area contributed by atoms with Gasteiger partial charge in [-0.2, -0.15) is 0 Å². The van der Waals surface area contributed by atoms with Gasteiger partial charge in [-0.3, -0.25) is 4.79 Å². The number of fused-ring (bicyclic) bond motifs is 1. The number of benzene rings is 2. The van der Waals surface area contributed by atoms with Crippen molar-refractivity contribution < 1.29 is 9.53 Å². The molecule has 0 unspecified atom stereocenters.